The van der Waals surface area contributed by atoms with Crippen LogP contribution in [0.15, 0.2) is 11.4 Å². The summed E-state index contributed by atoms with van der Waals surface area (Å²) in [5, 5.41) is 14.1. The number of carbonyl (C=O) groups excluding carboxylic acids is 1. The molecule has 5 nitrogen and oxygen atoms in total. The minimum Gasteiger partial charge on any atom is -0.326 e. The summed E-state index contributed by atoms with van der Waals surface area (Å²) in [6.07, 6.45) is 1.52. The molecule has 0 radical (unpaired) electrons. The third-order valence-corrected chi connectivity index (χ3v) is 4.62. The summed E-state index contributed by atoms with van der Waals surface area (Å²) in [6, 6.07) is 3.98. The Balaban J connectivity index is 1.77. The monoisotopic (exact) mass is 292 g/mol. The van der Waals surface area contributed by atoms with E-state index in [0.717, 1.165) is 26.1 Å². The molecule has 1 aliphatic heterocycles. The summed E-state index contributed by atoms with van der Waals surface area (Å²) in [5.41, 5.74) is 6.57. The summed E-state index contributed by atoms with van der Waals surface area (Å²) in [5.74, 6) is 0.514. The van der Waals surface area contributed by atoms with Crippen molar-refractivity contribution in [2.24, 2.45) is 11.7 Å². The smallest absolute Gasteiger partial charge is 0.226 e. The van der Waals surface area contributed by atoms with Gasteiger partial charge in [-0.05, 0) is 30.3 Å². The maximum atomic E-state index is 11.9. The van der Waals surface area contributed by atoms with E-state index in [1.54, 1.807) is 11.4 Å². The predicted octanol–water partition coefficient (Wildman–Crippen LogP) is 1.62. The minimum absolute atomic E-state index is 0.0452. The Hall–Kier alpha value is -1.42. The van der Waals surface area contributed by atoms with Crippen LogP contribution in [0.5, 0.6) is 0 Å². The summed E-state index contributed by atoms with van der Waals surface area (Å²) < 4.78 is 0. The zero-order valence-electron chi connectivity index (χ0n) is 11.6. The Bertz CT molecular complexity index is 508. The molecule has 1 amide bonds. The van der Waals surface area contributed by atoms with Crippen LogP contribution in [-0.4, -0.2) is 36.5 Å². The SMILES string of the molecule is CC1CCN(CCC(=O)Nc2sccc2C#N)CC1N. The number of nitrogens with one attached hydrogen (secondary N) is 1. The normalized spacial score (nSPS) is 23.2. The van der Waals surface area contributed by atoms with Gasteiger partial charge >= 0.3 is 0 Å². The molecule has 1 aromatic heterocycles. The Morgan fingerprint density at radius 1 is 1.70 bits per heavy atom. The number of anilines is 1. The van der Waals surface area contributed by atoms with E-state index in [0.29, 0.717) is 22.9 Å². The number of piperidine rings is 1. The highest BCUT2D eigenvalue weighted by Gasteiger charge is 2.23. The molecule has 1 aliphatic rings. The van der Waals surface area contributed by atoms with Crippen molar-refractivity contribution in [3.63, 3.8) is 0 Å². The van der Waals surface area contributed by atoms with Gasteiger partial charge in [0.1, 0.15) is 11.1 Å². The molecule has 2 unspecified atom stereocenters. The molecule has 2 atom stereocenters. The predicted molar refractivity (Wildman–Crippen MR) is 80.5 cm³/mol. The quantitative estimate of drug-likeness (QED) is 0.883. The van der Waals surface area contributed by atoms with Crippen LogP contribution < -0.4 is 11.1 Å². The molecule has 0 aromatic carbocycles. The van der Waals surface area contributed by atoms with Gasteiger partial charge < -0.3 is 16.0 Å². The summed E-state index contributed by atoms with van der Waals surface area (Å²) in [7, 11) is 0. The lowest BCUT2D eigenvalue weighted by molar-refractivity contribution is -0.116. The van der Waals surface area contributed by atoms with Gasteiger partial charge in [-0.15, -0.1) is 11.3 Å². The number of likely N-dealkylation sites (tertiary alicyclic amines) is 1. The number of nitrogens with zero attached hydrogens (tertiary/aromatic N) is 2. The van der Waals surface area contributed by atoms with Gasteiger partial charge in [0.25, 0.3) is 0 Å². The van der Waals surface area contributed by atoms with E-state index in [9.17, 15) is 4.79 Å². The van der Waals surface area contributed by atoms with E-state index in [1.165, 1.54) is 11.3 Å². The topological polar surface area (TPSA) is 82.2 Å². The molecule has 1 fully saturated rings. The Morgan fingerprint density at radius 3 is 3.20 bits per heavy atom. The number of hydrogen-bond donors (Lipinski definition) is 2. The highest BCUT2D eigenvalue weighted by Crippen LogP contribution is 2.22. The number of thiophene rings is 1. The van der Waals surface area contributed by atoms with Crippen LogP contribution in [0.3, 0.4) is 0 Å². The van der Waals surface area contributed by atoms with Crippen molar-refractivity contribution >= 4 is 22.2 Å². The lowest BCUT2D eigenvalue weighted by Crippen LogP contribution is -2.48. The number of rotatable bonds is 4. The molecular weight excluding hydrogens is 272 g/mol. The van der Waals surface area contributed by atoms with Gasteiger partial charge in [0.15, 0.2) is 0 Å². The molecule has 2 heterocycles. The summed E-state index contributed by atoms with van der Waals surface area (Å²) >= 11 is 1.38. The van der Waals surface area contributed by atoms with Gasteiger partial charge in [-0.25, -0.2) is 0 Å². The van der Waals surface area contributed by atoms with Crippen molar-refractivity contribution in [1.82, 2.24) is 4.90 Å². The molecule has 6 heteroatoms. The van der Waals surface area contributed by atoms with Crippen molar-refractivity contribution in [2.75, 3.05) is 25.0 Å². The second kappa shape index (κ2) is 6.84. The van der Waals surface area contributed by atoms with Gasteiger partial charge in [0.2, 0.25) is 5.91 Å². The number of hydrogen-bond acceptors (Lipinski definition) is 5. The van der Waals surface area contributed by atoms with Crippen molar-refractivity contribution in [3.8, 4) is 6.07 Å². The van der Waals surface area contributed by atoms with Crippen LogP contribution in [-0.2, 0) is 4.79 Å². The number of carbonyl (C=O) groups is 1. The van der Waals surface area contributed by atoms with Gasteiger partial charge in [-0.3, -0.25) is 4.79 Å². The first-order chi connectivity index (χ1) is 9.60. The molecule has 2 rings (SSSR count). The third kappa shape index (κ3) is 3.79. The zero-order chi connectivity index (χ0) is 14.5. The maximum absolute atomic E-state index is 11.9. The van der Waals surface area contributed by atoms with E-state index in [1.807, 2.05) is 0 Å². The standard InChI is InChI=1S/C14H20N4OS/c1-10-2-5-18(9-12(10)16)6-3-13(19)17-14-11(8-15)4-7-20-14/h4,7,10,12H,2-3,5-6,9,16H2,1H3,(H,17,19). The van der Waals surface area contributed by atoms with Gasteiger partial charge in [0.05, 0.1) is 5.56 Å². The lowest BCUT2D eigenvalue weighted by Gasteiger charge is -2.34. The molecule has 108 valence electrons. The van der Waals surface area contributed by atoms with Crippen molar-refractivity contribution in [2.45, 2.75) is 25.8 Å². The highest BCUT2D eigenvalue weighted by atomic mass is 32.1. The molecular formula is C14H20N4OS. The molecule has 0 bridgehead atoms. The average Bonchev–Trinajstić information content (AvgIpc) is 2.87. The molecule has 1 aromatic rings. The lowest BCUT2D eigenvalue weighted by atomic mass is 9.94. The van der Waals surface area contributed by atoms with Crippen LogP contribution >= 0.6 is 11.3 Å². The fourth-order valence-electron chi connectivity index (χ4n) is 2.32. The Morgan fingerprint density at radius 2 is 2.50 bits per heavy atom. The van der Waals surface area contributed by atoms with E-state index in [-0.39, 0.29) is 11.9 Å². The summed E-state index contributed by atoms with van der Waals surface area (Å²) in [4.78, 5) is 14.1. The van der Waals surface area contributed by atoms with E-state index >= 15 is 0 Å². The molecule has 0 aliphatic carbocycles. The second-order valence-electron chi connectivity index (χ2n) is 5.30. The minimum atomic E-state index is -0.0452. The highest BCUT2D eigenvalue weighted by molar-refractivity contribution is 7.14. The van der Waals surface area contributed by atoms with E-state index in [4.69, 9.17) is 11.0 Å². The van der Waals surface area contributed by atoms with Crippen molar-refractivity contribution in [3.05, 3.63) is 17.0 Å². The molecule has 3 N–H and O–H groups in total. The van der Waals surface area contributed by atoms with Crippen molar-refractivity contribution < 1.29 is 4.79 Å². The fraction of sp³-hybridized carbons (Fsp3) is 0.571. The van der Waals surface area contributed by atoms with Gasteiger partial charge in [-0.2, -0.15) is 5.26 Å². The number of amides is 1. The molecule has 0 spiro atoms. The van der Waals surface area contributed by atoms with Crippen LogP contribution in [0, 0.1) is 17.2 Å². The zero-order valence-corrected chi connectivity index (χ0v) is 12.4. The maximum Gasteiger partial charge on any atom is 0.226 e. The van der Waals surface area contributed by atoms with Gasteiger partial charge in [-0.1, -0.05) is 6.92 Å². The fourth-order valence-corrected chi connectivity index (χ4v) is 3.07. The van der Waals surface area contributed by atoms with Crippen LogP contribution in [0.2, 0.25) is 0 Å². The van der Waals surface area contributed by atoms with E-state index < -0.39 is 0 Å². The first-order valence-electron chi connectivity index (χ1n) is 6.85. The van der Waals surface area contributed by atoms with Crippen molar-refractivity contribution in [1.29, 1.82) is 5.26 Å². The number of nitrogens with two attached hydrogens (primary N) is 1. The van der Waals surface area contributed by atoms with Crippen LogP contribution in [0.4, 0.5) is 5.00 Å². The van der Waals surface area contributed by atoms with Gasteiger partial charge in [0, 0.05) is 25.6 Å². The molecule has 1 saturated heterocycles. The molecule has 20 heavy (non-hydrogen) atoms. The largest absolute Gasteiger partial charge is 0.326 e. The Kier molecular flexibility index (Phi) is 5.12. The molecule has 0 saturated carbocycles. The third-order valence-electron chi connectivity index (χ3n) is 3.79. The van der Waals surface area contributed by atoms with Crippen LogP contribution in [0.25, 0.3) is 0 Å². The van der Waals surface area contributed by atoms with E-state index in [2.05, 4.69) is 23.2 Å². The first kappa shape index (κ1) is 15.0. The Labute approximate surface area is 123 Å². The first-order valence-corrected chi connectivity index (χ1v) is 7.73. The number of nitriles is 1. The second-order valence-corrected chi connectivity index (χ2v) is 6.22. The average molecular weight is 292 g/mol. The summed E-state index contributed by atoms with van der Waals surface area (Å²) in [6.45, 7) is 4.76. The van der Waals surface area contributed by atoms with Crippen LogP contribution in [0.1, 0.15) is 25.3 Å².